The zero-order valence-corrected chi connectivity index (χ0v) is 12.1. The van der Waals surface area contributed by atoms with Crippen LogP contribution in [0.2, 0.25) is 0 Å². The van der Waals surface area contributed by atoms with Gasteiger partial charge in [0.05, 0.1) is 4.92 Å². The van der Waals surface area contributed by atoms with Crippen molar-refractivity contribution in [2.24, 2.45) is 5.84 Å². The highest BCUT2D eigenvalue weighted by molar-refractivity contribution is 7.07. The molecular formula is C13H14N4O3S. The summed E-state index contributed by atoms with van der Waals surface area (Å²) in [6.45, 7) is 0.389. The smallest absolute Gasteiger partial charge is 0.306 e. The summed E-state index contributed by atoms with van der Waals surface area (Å²) in [4.78, 5) is 24.4. The maximum atomic E-state index is 12.4. The van der Waals surface area contributed by atoms with Gasteiger partial charge in [0, 0.05) is 13.6 Å². The van der Waals surface area contributed by atoms with Gasteiger partial charge in [-0.15, -0.1) is 0 Å². The van der Waals surface area contributed by atoms with Crippen LogP contribution in [-0.2, 0) is 6.54 Å². The molecule has 0 aliphatic carbocycles. The van der Waals surface area contributed by atoms with Gasteiger partial charge in [-0.1, -0.05) is 6.07 Å². The van der Waals surface area contributed by atoms with E-state index in [1.54, 1.807) is 13.1 Å². The number of rotatable bonds is 5. The molecule has 1 heterocycles. The molecule has 0 unspecified atom stereocenters. The SMILES string of the molecule is CN(Cc1ccsc1)C(=O)c1cccc(NN)c1[N+](=O)[O-]. The summed E-state index contributed by atoms with van der Waals surface area (Å²) < 4.78 is 0. The van der Waals surface area contributed by atoms with E-state index in [-0.39, 0.29) is 16.9 Å². The number of nitrogen functional groups attached to an aromatic ring is 1. The summed E-state index contributed by atoms with van der Waals surface area (Å²) in [6.07, 6.45) is 0. The van der Waals surface area contributed by atoms with E-state index in [1.165, 1.54) is 28.4 Å². The number of nitro groups is 1. The van der Waals surface area contributed by atoms with E-state index < -0.39 is 10.8 Å². The predicted molar refractivity (Wildman–Crippen MR) is 81.0 cm³/mol. The molecule has 0 aliphatic rings. The van der Waals surface area contributed by atoms with Crippen LogP contribution in [0.5, 0.6) is 0 Å². The summed E-state index contributed by atoms with van der Waals surface area (Å²) in [5.74, 6) is 4.84. The Morgan fingerprint density at radius 2 is 2.24 bits per heavy atom. The molecule has 1 aromatic carbocycles. The third-order valence-electron chi connectivity index (χ3n) is 2.95. The highest BCUT2D eigenvalue weighted by atomic mass is 32.1. The van der Waals surface area contributed by atoms with Crippen LogP contribution in [0.4, 0.5) is 11.4 Å². The average Bonchev–Trinajstić information content (AvgIpc) is 2.98. The maximum absolute atomic E-state index is 12.4. The number of nitrogens with two attached hydrogens (primary N) is 1. The van der Waals surface area contributed by atoms with Crippen LogP contribution in [0.15, 0.2) is 35.0 Å². The molecule has 1 aromatic heterocycles. The molecule has 110 valence electrons. The Morgan fingerprint density at radius 3 is 2.81 bits per heavy atom. The van der Waals surface area contributed by atoms with E-state index in [2.05, 4.69) is 5.43 Å². The molecule has 0 atom stereocenters. The molecule has 0 radical (unpaired) electrons. The summed E-state index contributed by atoms with van der Waals surface area (Å²) in [5, 5.41) is 15.0. The molecule has 0 saturated carbocycles. The number of hydrazine groups is 1. The summed E-state index contributed by atoms with van der Waals surface area (Å²) in [6, 6.07) is 6.33. The largest absolute Gasteiger partial charge is 0.337 e. The van der Waals surface area contributed by atoms with Crippen molar-refractivity contribution in [3.63, 3.8) is 0 Å². The van der Waals surface area contributed by atoms with E-state index in [1.807, 2.05) is 16.8 Å². The number of hydrogen-bond donors (Lipinski definition) is 2. The number of nitrogens with one attached hydrogen (secondary N) is 1. The minimum atomic E-state index is -0.610. The van der Waals surface area contributed by atoms with E-state index in [9.17, 15) is 14.9 Å². The zero-order chi connectivity index (χ0) is 15.4. The number of carbonyl (C=O) groups is 1. The van der Waals surface area contributed by atoms with Gasteiger partial charge in [-0.25, -0.2) is 0 Å². The first-order valence-corrected chi connectivity index (χ1v) is 6.99. The van der Waals surface area contributed by atoms with Gasteiger partial charge in [0.15, 0.2) is 0 Å². The number of thiophene rings is 1. The van der Waals surface area contributed by atoms with Crippen LogP contribution in [0.1, 0.15) is 15.9 Å². The van der Waals surface area contributed by atoms with Crippen LogP contribution >= 0.6 is 11.3 Å². The molecule has 0 bridgehead atoms. The molecular weight excluding hydrogens is 292 g/mol. The van der Waals surface area contributed by atoms with Gasteiger partial charge in [0.25, 0.3) is 5.91 Å². The van der Waals surface area contributed by atoms with E-state index in [0.717, 1.165) is 5.56 Å². The molecule has 0 saturated heterocycles. The molecule has 0 fully saturated rings. The summed E-state index contributed by atoms with van der Waals surface area (Å²) >= 11 is 1.53. The monoisotopic (exact) mass is 306 g/mol. The van der Waals surface area contributed by atoms with Gasteiger partial charge >= 0.3 is 5.69 Å². The van der Waals surface area contributed by atoms with Crippen molar-refractivity contribution >= 4 is 28.6 Å². The first kappa shape index (κ1) is 14.9. The van der Waals surface area contributed by atoms with Crippen LogP contribution in [-0.4, -0.2) is 22.8 Å². The summed E-state index contributed by atoms with van der Waals surface area (Å²) in [5.41, 5.74) is 3.02. The van der Waals surface area contributed by atoms with E-state index in [4.69, 9.17) is 5.84 Å². The van der Waals surface area contributed by atoms with Crippen molar-refractivity contribution in [1.82, 2.24) is 4.90 Å². The summed E-state index contributed by atoms with van der Waals surface area (Å²) in [7, 11) is 1.60. The van der Waals surface area contributed by atoms with Crippen LogP contribution in [0.25, 0.3) is 0 Å². The standard InChI is InChI=1S/C13H14N4O3S/c1-16(7-9-5-6-21-8-9)13(18)10-3-2-4-11(15-14)12(10)17(19)20/h2-6,8,15H,7,14H2,1H3. The minimum Gasteiger partial charge on any atom is -0.337 e. The fourth-order valence-electron chi connectivity index (χ4n) is 1.96. The Hall–Kier alpha value is -2.45. The lowest BCUT2D eigenvalue weighted by Crippen LogP contribution is -2.27. The highest BCUT2D eigenvalue weighted by Gasteiger charge is 2.26. The van der Waals surface area contributed by atoms with E-state index in [0.29, 0.717) is 6.54 Å². The Kier molecular flexibility index (Phi) is 4.51. The number of nitrogens with zero attached hydrogens (tertiary/aromatic N) is 2. The predicted octanol–water partition coefficient (Wildman–Crippen LogP) is 2.21. The third kappa shape index (κ3) is 3.18. The lowest BCUT2D eigenvalue weighted by molar-refractivity contribution is -0.384. The molecule has 8 heteroatoms. The molecule has 0 spiro atoms. The molecule has 0 aliphatic heterocycles. The quantitative estimate of drug-likeness (QED) is 0.501. The normalized spacial score (nSPS) is 10.2. The molecule has 2 rings (SSSR count). The Bertz CT molecular complexity index is 657. The second-order valence-corrected chi connectivity index (χ2v) is 5.18. The van der Waals surface area contributed by atoms with Crippen LogP contribution in [0, 0.1) is 10.1 Å². The molecule has 3 N–H and O–H groups in total. The van der Waals surface area contributed by atoms with Crippen molar-refractivity contribution < 1.29 is 9.72 Å². The average molecular weight is 306 g/mol. The topological polar surface area (TPSA) is 102 Å². The first-order valence-electron chi connectivity index (χ1n) is 6.05. The van der Waals surface area contributed by atoms with Gasteiger partial charge in [0.2, 0.25) is 0 Å². The van der Waals surface area contributed by atoms with Crippen molar-refractivity contribution in [3.8, 4) is 0 Å². The van der Waals surface area contributed by atoms with Gasteiger partial charge in [-0.05, 0) is 34.5 Å². The number of benzene rings is 1. The number of carbonyl (C=O) groups excluding carboxylic acids is 1. The number of nitro benzene ring substituents is 1. The van der Waals surface area contributed by atoms with Crippen molar-refractivity contribution in [2.75, 3.05) is 12.5 Å². The molecule has 1 amide bonds. The minimum absolute atomic E-state index is 0.00757. The molecule has 21 heavy (non-hydrogen) atoms. The van der Waals surface area contributed by atoms with Gasteiger partial charge in [0.1, 0.15) is 11.3 Å². The highest BCUT2D eigenvalue weighted by Crippen LogP contribution is 2.29. The van der Waals surface area contributed by atoms with Gasteiger partial charge in [-0.3, -0.25) is 20.8 Å². The lowest BCUT2D eigenvalue weighted by Gasteiger charge is -2.17. The maximum Gasteiger partial charge on any atom is 0.306 e. The van der Waals surface area contributed by atoms with Crippen molar-refractivity contribution in [1.29, 1.82) is 0 Å². The van der Waals surface area contributed by atoms with Crippen LogP contribution < -0.4 is 11.3 Å². The number of amides is 1. The number of anilines is 1. The Morgan fingerprint density at radius 1 is 1.48 bits per heavy atom. The van der Waals surface area contributed by atoms with Crippen molar-refractivity contribution in [3.05, 3.63) is 56.3 Å². The molecule has 7 nitrogen and oxygen atoms in total. The first-order chi connectivity index (χ1) is 10.0. The Labute approximate surface area is 125 Å². The second kappa shape index (κ2) is 6.33. The van der Waals surface area contributed by atoms with Gasteiger partial charge < -0.3 is 10.3 Å². The van der Waals surface area contributed by atoms with Crippen molar-refractivity contribution in [2.45, 2.75) is 6.54 Å². The fraction of sp³-hybridized carbons (Fsp3) is 0.154. The Balaban J connectivity index is 2.32. The second-order valence-electron chi connectivity index (χ2n) is 4.40. The molecule has 2 aromatic rings. The number of para-hydroxylation sites is 1. The number of hydrogen-bond acceptors (Lipinski definition) is 6. The third-order valence-corrected chi connectivity index (χ3v) is 3.68. The fourth-order valence-corrected chi connectivity index (χ4v) is 2.62. The van der Waals surface area contributed by atoms with Crippen LogP contribution in [0.3, 0.4) is 0 Å². The van der Waals surface area contributed by atoms with Gasteiger partial charge in [-0.2, -0.15) is 11.3 Å². The lowest BCUT2D eigenvalue weighted by atomic mass is 10.1. The van der Waals surface area contributed by atoms with E-state index >= 15 is 0 Å². The zero-order valence-electron chi connectivity index (χ0n) is 11.3.